The lowest BCUT2D eigenvalue weighted by atomic mass is 9.81. The second-order valence-corrected chi connectivity index (χ2v) is 8.99. The van der Waals surface area contributed by atoms with Gasteiger partial charge >= 0.3 is 0 Å². The van der Waals surface area contributed by atoms with Crippen molar-refractivity contribution in [1.29, 1.82) is 0 Å². The number of hydrogen-bond acceptors (Lipinski definition) is 3. The van der Waals surface area contributed by atoms with E-state index in [-0.39, 0.29) is 29.6 Å². The van der Waals surface area contributed by atoms with Crippen molar-refractivity contribution in [3.05, 3.63) is 65.7 Å². The summed E-state index contributed by atoms with van der Waals surface area (Å²) < 4.78 is 0. The van der Waals surface area contributed by atoms with E-state index in [4.69, 9.17) is 0 Å². The van der Waals surface area contributed by atoms with Crippen LogP contribution in [0.3, 0.4) is 0 Å². The van der Waals surface area contributed by atoms with E-state index in [9.17, 15) is 14.4 Å². The van der Waals surface area contributed by atoms with Crippen molar-refractivity contribution in [2.24, 2.45) is 23.7 Å². The largest absolute Gasteiger partial charge is 0.324 e. The molecule has 2 bridgehead atoms. The molecular weight excluding hydrogens is 376 g/mol. The topological polar surface area (TPSA) is 66.5 Å². The van der Waals surface area contributed by atoms with Crippen molar-refractivity contribution in [1.82, 2.24) is 4.90 Å². The lowest BCUT2D eigenvalue weighted by molar-refractivity contribution is -0.147. The molecule has 0 unspecified atom stereocenters. The minimum Gasteiger partial charge on any atom is -0.324 e. The average molecular weight is 402 g/mol. The Morgan fingerprint density at radius 1 is 0.967 bits per heavy atom. The van der Waals surface area contributed by atoms with Gasteiger partial charge < -0.3 is 5.32 Å². The molecule has 154 valence electrons. The summed E-state index contributed by atoms with van der Waals surface area (Å²) >= 11 is 0. The number of benzene rings is 2. The van der Waals surface area contributed by atoms with E-state index in [2.05, 4.69) is 5.32 Å². The third-order valence-electron chi connectivity index (χ3n) is 7.17. The highest BCUT2D eigenvalue weighted by atomic mass is 16.2. The number of rotatable bonds is 5. The van der Waals surface area contributed by atoms with Gasteiger partial charge in [0.15, 0.2) is 0 Å². The summed E-state index contributed by atoms with van der Waals surface area (Å²) in [7, 11) is 0. The van der Waals surface area contributed by atoms with E-state index >= 15 is 0 Å². The van der Waals surface area contributed by atoms with Gasteiger partial charge in [0.2, 0.25) is 17.7 Å². The third-order valence-corrected chi connectivity index (χ3v) is 7.17. The van der Waals surface area contributed by atoms with Crippen molar-refractivity contribution in [2.75, 3.05) is 5.32 Å². The first-order valence-electron chi connectivity index (χ1n) is 10.8. The van der Waals surface area contributed by atoms with Gasteiger partial charge in [0, 0.05) is 12.1 Å². The standard InChI is InChI=1S/C25H26N2O3/c1-15-7-11-19(12-8-15)26-23(28)20(13-16-5-3-2-4-6-16)27-24(29)21-17-9-10-18(14-17)22(21)25(27)30/h2-8,11-12,17-18,20-22H,9-10,13-14H2,1H3,(H,26,28)/t17-,18-,20+,21-,22+/m0/s1. The number of fused-ring (bicyclic) bond motifs is 5. The van der Waals surface area contributed by atoms with Gasteiger partial charge in [-0.05, 0) is 55.7 Å². The van der Waals surface area contributed by atoms with Crippen LogP contribution in [0.5, 0.6) is 0 Å². The highest BCUT2D eigenvalue weighted by molar-refractivity contribution is 6.10. The van der Waals surface area contributed by atoms with Crippen molar-refractivity contribution < 1.29 is 14.4 Å². The fourth-order valence-electron chi connectivity index (χ4n) is 5.74. The molecule has 2 aliphatic carbocycles. The molecule has 3 fully saturated rings. The minimum absolute atomic E-state index is 0.141. The van der Waals surface area contributed by atoms with Crippen molar-refractivity contribution in [3.63, 3.8) is 0 Å². The molecule has 5 heteroatoms. The first-order chi connectivity index (χ1) is 14.5. The fourth-order valence-corrected chi connectivity index (χ4v) is 5.74. The Labute approximate surface area is 176 Å². The Morgan fingerprint density at radius 2 is 1.57 bits per heavy atom. The van der Waals surface area contributed by atoms with Gasteiger partial charge in [-0.25, -0.2) is 0 Å². The van der Waals surface area contributed by atoms with Crippen LogP contribution in [0.4, 0.5) is 5.69 Å². The molecule has 0 aromatic heterocycles. The van der Waals surface area contributed by atoms with E-state index in [0.29, 0.717) is 23.9 Å². The highest BCUT2D eigenvalue weighted by Crippen LogP contribution is 2.56. The molecule has 2 aromatic carbocycles. The molecular formula is C25H26N2O3. The minimum atomic E-state index is -0.835. The zero-order valence-corrected chi connectivity index (χ0v) is 17.1. The van der Waals surface area contributed by atoms with Crippen molar-refractivity contribution in [3.8, 4) is 0 Å². The SMILES string of the molecule is Cc1ccc(NC(=O)[C@@H](Cc2ccccc2)N2C(=O)[C@@H]3[C@H]4CC[C@@H](C4)[C@@H]3C2=O)cc1. The molecule has 3 aliphatic rings. The molecule has 3 amide bonds. The molecule has 1 saturated heterocycles. The summed E-state index contributed by atoms with van der Waals surface area (Å²) in [6.45, 7) is 1.98. The van der Waals surface area contributed by atoms with Crippen LogP contribution in [-0.2, 0) is 20.8 Å². The van der Waals surface area contributed by atoms with Crippen molar-refractivity contribution >= 4 is 23.4 Å². The lowest BCUT2D eigenvalue weighted by Gasteiger charge is -2.27. The quantitative estimate of drug-likeness (QED) is 0.778. The van der Waals surface area contributed by atoms with Crippen LogP contribution in [-0.4, -0.2) is 28.7 Å². The van der Waals surface area contributed by atoms with E-state index in [0.717, 1.165) is 30.4 Å². The summed E-state index contributed by atoms with van der Waals surface area (Å²) in [5.74, 6) is -0.424. The second-order valence-electron chi connectivity index (χ2n) is 8.99. The highest BCUT2D eigenvalue weighted by Gasteiger charge is 2.62. The molecule has 0 spiro atoms. The maximum Gasteiger partial charge on any atom is 0.248 e. The van der Waals surface area contributed by atoms with E-state index in [1.807, 2.05) is 61.5 Å². The van der Waals surface area contributed by atoms with Crippen LogP contribution in [0, 0.1) is 30.6 Å². The fraction of sp³-hybridized carbons (Fsp3) is 0.400. The number of nitrogens with one attached hydrogen (secondary N) is 1. The first kappa shape index (κ1) is 19.0. The predicted octanol–water partition coefficient (Wildman–Crippen LogP) is 3.58. The number of aryl methyl sites for hydroxylation is 1. The molecule has 1 aliphatic heterocycles. The molecule has 5 atom stereocenters. The first-order valence-corrected chi connectivity index (χ1v) is 10.8. The Balaban J connectivity index is 1.45. The number of imide groups is 1. The van der Waals surface area contributed by atoms with Gasteiger partial charge in [-0.3, -0.25) is 19.3 Å². The molecule has 5 rings (SSSR count). The molecule has 0 radical (unpaired) electrons. The normalized spacial score (nSPS) is 28.0. The second kappa shape index (κ2) is 7.38. The van der Waals surface area contributed by atoms with Gasteiger partial charge in [-0.1, -0.05) is 48.0 Å². The summed E-state index contributed by atoms with van der Waals surface area (Å²) in [6, 6.07) is 16.3. The molecule has 1 heterocycles. The average Bonchev–Trinajstić information content (AvgIpc) is 3.43. The smallest absolute Gasteiger partial charge is 0.248 e. The van der Waals surface area contributed by atoms with Gasteiger partial charge in [0.05, 0.1) is 11.8 Å². The van der Waals surface area contributed by atoms with Crippen LogP contribution in [0.15, 0.2) is 54.6 Å². The molecule has 2 saturated carbocycles. The Morgan fingerprint density at radius 3 is 2.17 bits per heavy atom. The number of carbonyl (C=O) groups is 3. The van der Waals surface area contributed by atoms with Crippen LogP contribution < -0.4 is 5.32 Å². The lowest BCUT2D eigenvalue weighted by Crippen LogP contribution is -2.49. The number of anilines is 1. The Bertz CT molecular complexity index is 957. The van der Waals surface area contributed by atoms with Gasteiger partial charge in [0.25, 0.3) is 0 Å². The van der Waals surface area contributed by atoms with Gasteiger partial charge in [0.1, 0.15) is 6.04 Å². The summed E-state index contributed by atoms with van der Waals surface area (Å²) in [6.07, 6.45) is 3.36. The van der Waals surface area contributed by atoms with Crippen LogP contribution in [0.2, 0.25) is 0 Å². The number of likely N-dealkylation sites (tertiary alicyclic amines) is 1. The number of amides is 3. The summed E-state index contributed by atoms with van der Waals surface area (Å²) in [5.41, 5.74) is 2.70. The zero-order valence-electron chi connectivity index (χ0n) is 17.1. The van der Waals surface area contributed by atoms with Gasteiger partial charge in [-0.2, -0.15) is 0 Å². The van der Waals surface area contributed by atoms with Crippen molar-refractivity contribution in [2.45, 2.75) is 38.6 Å². The summed E-state index contributed by atoms with van der Waals surface area (Å²) in [4.78, 5) is 41.3. The Kier molecular flexibility index (Phi) is 4.69. The molecule has 30 heavy (non-hydrogen) atoms. The van der Waals surface area contributed by atoms with E-state index in [1.54, 1.807) is 0 Å². The van der Waals surface area contributed by atoms with E-state index in [1.165, 1.54) is 4.90 Å². The molecule has 2 aromatic rings. The number of hydrogen-bond donors (Lipinski definition) is 1. The molecule has 1 N–H and O–H groups in total. The number of carbonyl (C=O) groups excluding carboxylic acids is 3. The maximum absolute atomic E-state index is 13.3. The zero-order chi connectivity index (χ0) is 20.8. The van der Waals surface area contributed by atoms with Crippen LogP contribution in [0.25, 0.3) is 0 Å². The number of nitrogens with zero attached hydrogens (tertiary/aromatic N) is 1. The van der Waals surface area contributed by atoms with Crippen LogP contribution in [0.1, 0.15) is 30.4 Å². The molecule has 5 nitrogen and oxygen atoms in total. The third kappa shape index (κ3) is 3.13. The maximum atomic E-state index is 13.3. The van der Waals surface area contributed by atoms with Crippen LogP contribution >= 0.6 is 0 Å². The monoisotopic (exact) mass is 402 g/mol. The summed E-state index contributed by atoms with van der Waals surface area (Å²) in [5, 5.41) is 2.93. The van der Waals surface area contributed by atoms with E-state index < -0.39 is 6.04 Å². The van der Waals surface area contributed by atoms with Gasteiger partial charge in [-0.15, -0.1) is 0 Å². The predicted molar refractivity (Wildman–Crippen MR) is 113 cm³/mol. The Hall–Kier alpha value is -2.95.